The molecule has 1 heterocycles. The monoisotopic (exact) mass is 308 g/mol. The molecule has 0 unspecified atom stereocenters. The van der Waals surface area contributed by atoms with E-state index in [0.717, 1.165) is 16.7 Å². The van der Waals surface area contributed by atoms with Crippen LogP contribution in [0.5, 0.6) is 0 Å². The molecule has 0 radical (unpaired) electrons. The van der Waals surface area contributed by atoms with E-state index in [9.17, 15) is 9.59 Å². The van der Waals surface area contributed by atoms with Crippen molar-refractivity contribution in [1.82, 2.24) is 0 Å². The summed E-state index contributed by atoms with van der Waals surface area (Å²) in [4.78, 5) is 28.0. The molecule has 0 saturated heterocycles. The largest absolute Gasteiger partial charge is 0.430 e. The summed E-state index contributed by atoms with van der Waals surface area (Å²) in [5.74, 6) is -1.01. The van der Waals surface area contributed by atoms with Gasteiger partial charge in [-0.15, -0.1) is 0 Å². The van der Waals surface area contributed by atoms with Crippen LogP contribution in [0.4, 0.5) is 5.69 Å². The molecule has 0 bridgehead atoms. The zero-order valence-electron chi connectivity index (χ0n) is 12.9. The molecule has 5 heteroatoms. The number of anilines is 1. The van der Waals surface area contributed by atoms with Crippen LogP contribution in [0.25, 0.3) is 0 Å². The van der Waals surface area contributed by atoms with E-state index in [-0.39, 0.29) is 0 Å². The Morgan fingerprint density at radius 1 is 1.17 bits per heavy atom. The number of ether oxygens (including phenoxy) is 1. The highest BCUT2D eigenvalue weighted by Gasteiger charge is 2.27. The van der Waals surface area contributed by atoms with Gasteiger partial charge in [0.2, 0.25) is 0 Å². The summed E-state index contributed by atoms with van der Waals surface area (Å²) in [6.45, 7) is 3.23. The quantitative estimate of drug-likeness (QED) is 0.867. The maximum absolute atomic E-state index is 12.3. The lowest BCUT2D eigenvalue weighted by Crippen LogP contribution is -2.29. The minimum absolute atomic E-state index is 0.462. The minimum Gasteiger partial charge on any atom is -0.430 e. The molecular weight excluding hydrogens is 292 g/mol. The van der Waals surface area contributed by atoms with Crippen molar-refractivity contribution < 1.29 is 14.3 Å². The second-order valence-electron chi connectivity index (χ2n) is 5.34. The zero-order valence-corrected chi connectivity index (χ0v) is 12.9. The Kier molecular flexibility index (Phi) is 3.93. The number of esters is 1. The normalized spacial score (nSPS) is 16.7. The van der Waals surface area contributed by atoms with Crippen molar-refractivity contribution in [2.24, 2.45) is 4.99 Å². The fraction of sp³-hybridized carbons (Fsp3) is 0.167. The van der Waals surface area contributed by atoms with Gasteiger partial charge in [-0.25, -0.2) is 4.99 Å². The van der Waals surface area contributed by atoms with Gasteiger partial charge in [-0.1, -0.05) is 42.0 Å². The molecule has 0 aromatic heterocycles. The Hall–Kier alpha value is -2.95. The van der Waals surface area contributed by atoms with Crippen molar-refractivity contribution in [3.05, 3.63) is 65.2 Å². The van der Waals surface area contributed by atoms with Crippen molar-refractivity contribution in [3.8, 4) is 0 Å². The number of carbonyl (C=O) groups is 2. The van der Waals surface area contributed by atoms with E-state index in [2.05, 4.69) is 10.3 Å². The predicted octanol–water partition coefficient (Wildman–Crippen LogP) is 2.67. The number of benzodiazepines with no additional fused rings is 1. The molecule has 5 nitrogen and oxygen atoms in total. The fourth-order valence-electron chi connectivity index (χ4n) is 2.47. The van der Waals surface area contributed by atoms with Crippen molar-refractivity contribution >= 4 is 23.3 Å². The van der Waals surface area contributed by atoms with Crippen LogP contribution in [0.1, 0.15) is 23.6 Å². The van der Waals surface area contributed by atoms with Gasteiger partial charge in [-0.05, 0) is 19.1 Å². The maximum Gasteiger partial charge on any atom is 0.305 e. The first kappa shape index (κ1) is 15.0. The molecule has 3 rings (SSSR count). The second kappa shape index (κ2) is 6.04. The van der Waals surface area contributed by atoms with Crippen LogP contribution in [0, 0.1) is 6.92 Å². The Morgan fingerprint density at radius 3 is 2.61 bits per heavy atom. The lowest BCUT2D eigenvalue weighted by Gasteiger charge is -2.10. The van der Waals surface area contributed by atoms with E-state index in [1.54, 1.807) is 0 Å². The molecule has 0 aliphatic carbocycles. The average molecular weight is 308 g/mol. The van der Waals surface area contributed by atoms with Crippen molar-refractivity contribution in [2.45, 2.75) is 20.1 Å². The molecule has 1 atom stereocenters. The van der Waals surface area contributed by atoms with Crippen molar-refractivity contribution in [3.63, 3.8) is 0 Å². The predicted molar refractivity (Wildman–Crippen MR) is 87.4 cm³/mol. The number of amides is 1. The number of carbonyl (C=O) groups excluding carboxylic acids is 2. The Bertz CT molecular complexity index is 797. The summed E-state index contributed by atoms with van der Waals surface area (Å²) in [6.07, 6.45) is -1.20. The Balaban J connectivity index is 2.18. The number of hydrogen-bond acceptors (Lipinski definition) is 4. The third-order valence-corrected chi connectivity index (χ3v) is 3.48. The molecule has 1 aliphatic heterocycles. The molecule has 0 saturated carbocycles. The number of rotatable bonds is 2. The van der Waals surface area contributed by atoms with Gasteiger partial charge in [0.25, 0.3) is 12.1 Å². The van der Waals surface area contributed by atoms with Gasteiger partial charge in [-0.2, -0.15) is 0 Å². The van der Waals surface area contributed by atoms with E-state index >= 15 is 0 Å². The third kappa shape index (κ3) is 3.13. The SMILES string of the molecule is CC(=O)O[C@H]1N=C(c2ccccc2)c2cc(C)ccc2NC1=O. The van der Waals surface area contributed by atoms with Crippen LogP contribution in [0.3, 0.4) is 0 Å². The second-order valence-corrected chi connectivity index (χ2v) is 5.34. The van der Waals surface area contributed by atoms with Gasteiger partial charge < -0.3 is 10.1 Å². The summed E-state index contributed by atoms with van der Waals surface area (Å²) in [7, 11) is 0. The van der Waals surface area contributed by atoms with Gasteiger partial charge in [0.15, 0.2) is 0 Å². The lowest BCUT2D eigenvalue weighted by molar-refractivity contribution is -0.151. The molecular formula is C18H16N2O3. The Morgan fingerprint density at radius 2 is 1.91 bits per heavy atom. The highest BCUT2D eigenvalue weighted by Crippen LogP contribution is 2.25. The molecule has 2 aromatic rings. The maximum atomic E-state index is 12.3. The van der Waals surface area contributed by atoms with Gasteiger partial charge in [0, 0.05) is 18.1 Å². The van der Waals surface area contributed by atoms with Crippen LogP contribution in [-0.2, 0) is 14.3 Å². The minimum atomic E-state index is -1.20. The summed E-state index contributed by atoms with van der Waals surface area (Å²) in [5, 5.41) is 2.77. The number of benzene rings is 2. The van der Waals surface area contributed by atoms with Gasteiger partial charge in [0.1, 0.15) is 0 Å². The summed E-state index contributed by atoms with van der Waals surface area (Å²) in [6, 6.07) is 15.2. The molecule has 116 valence electrons. The number of aliphatic imine (C=N–C) groups is 1. The number of fused-ring (bicyclic) bond motifs is 1. The number of nitrogens with one attached hydrogen (secondary N) is 1. The number of nitrogens with zero attached hydrogens (tertiary/aromatic N) is 1. The number of aryl methyl sites for hydroxylation is 1. The summed E-state index contributed by atoms with van der Waals surface area (Å²) < 4.78 is 5.06. The van der Waals surface area contributed by atoms with Gasteiger partial charge >= 0.3 is 5.97 Å². The first-order valence-corrected chi connectivity index (χ1v) is 7.27. The topological polar surface area (TPSA) is 67.8 Å². The van der Waals surface area contributed by atoms with E-state index in [0.29, 0.717) is 11.4 Å². The Labute approximate surface area is 134 Å². The first-order valence-electron chi connectivity index (χ1n) is 7.27. The van der Waals surface area contributed by atoms with E-state index in [4.69, 9.17) is 4.74 Å². The molecule has 1 amide bonds. The highest BCUT2D eigenvalue weighted by atomic mass is 16.6. The molecule has 0 fully saturated rings. The van der Waals surface area contributed by atoms with E-state index in [1.807, 2.05) is 55.5 Å². The van der Waals surface area contributed by atoms with Crippen LogP contribution in [-0.4, -0.2) is 23.8 Å². The summed E-state index contributed by atoms with van der Waals surface area (Å²) >= 11 is 0. The molecule has 0 spiro atoms. The highest BCUT2D eigenvalue weighted by molar-refractivity contribution is 6.19. The van der Waals surface area contributed by atoms with Crippen molar-refractivity contribution in [1.29, 1.82) is 0 Å². The molecule has 2 aromatic carbocycles. The standard InChI is InChI=1S/C18H16N2O3/c1-11-8-9-15-14(10-11)16(13-6-4-3-5-7-13)20-18(17(22)19-15)23-12(2)21/h3-10,18H,1-2H3,(H,19,22)/t18-/m1/s1. The lowest BCUT2D eigenvalue weighted by atomic mass is 9.99. The molecule has 1 aliphatic rings. The molecule has 23 heavy (non-hydrogen) atoms. The fourth-order valence-corrected chi connectivity index (χ4v) is 2.47. The van der Waals surface area contributed by atoms with Gasteiger partial charge in [0.05, 0.1) is 11.4 Å². The van der Waals surface area contributed by atoms with E-state index in [1.165, 1.54) is 6.92 Å². The van der Waals surface area contributed by atoms with Gasteiger partial charge in [-0.3, -0.25) is 9.59 Å². The van der Waals surface area contributed by atoms with E-state index < -0.39 is 18.1 Å². The van der Waals surface area contributed by atoms with Crippen LogP contribution < -0.4 is 5.32 Å². The smallest absolute Gasteiger partial charge is 0.305 e. The van der Waals surface area contributed by atoms with Crippen LogP contribution in [0.15, 0.2) is 53.5 Å². The zero-order chi connectivity index (χ0) is 16.4. The average Bonchev–Trinajstić information content (AvgIpc) is 2.65. The van der Waals surface area contributed by atoms with Crippen molar-refractivity contribution in [2.75, 3.05) is 5.32 Å². The summed E-state index contributed by atoms with van der Waals surface area (Å²) in [5.41, 5.74) is 3.98. The first-order chi connectivity index (χ1) is 11.0. The van der Waals surface area contributed by atoms with Crippen LogP contribution >= 0.6 is 0 Å². The third-order valence-electron chi connectivity index (χ3n) is 3.48. The molecule has 1 N–H and O–H groups in total. The van der Waals surface area contributed by atoms with Crippen LogP contribution in [0.2, 0.25) is 0 Å². The number of hydrogen-bond donors (Lipinski definition) is 1.